The SMILES string of the molecule is NC(=O)Cc1cc(-c2ccccc2)nc2c1[nH]c1cc(N)ccc12. The third-order valence-electron chi connectivity index (χ3n) is 4.09. The van der Waals surface area contributed by atoms with Gasteiger partial charge in [0.1, 0.15) is 0 Å². The Morgan fingerprint density at radius 3 is 2.62 bits per heavy atom. The topological polar surface area (TPSA) is 97.8 Å². The van der Waals surface area contributed by atoms with Gasteiger partial charge in [0.2, 0.25) is 5.91 Å². The molecule has 0 aliphatic rings. The van der Waals surface area contributed by atoms with Gasteiger partial charge in [0.15, 0.2) is 0 Å². The van der Waals surface area contributed by atoms with Crippen LogP contribution in [0.1, 0.15) is 5.56 Å². The maximum absolute atomic E-state index is 11.5. The van der Waals surface area contributed by atoms with Crippen LogP contribution in [0, 0.1) is 0 Å². The summed E-state index contributed by atoms with van der Waals surface area (Å²) in [6.07, 6.45) is 0.154. The van der Waals surface area contributed by atoms with E-state index in [1.54, 1.807) is 0 Å². The first-order chi connectivity index (χ1) is 11.6. The number of fused-ring (bicyclic) bond motifs is 3. The Morgan fingerprint density at radius 1 is 1.08 bits per heavy atom. The van der Waals surface area contributed by atoms with Crippen molar-refractivity contribution in [1.29, 1.82) is 0 Å². The van der Waals surface area contributed by atoms with Crippen LogP contribution in [0.25, 0.3) is 33.2 Å². The Kier molecular flexibility index (Phi) is 3.20. The summed E-state index contributed by atoms with van der Waals surface area (Å²) in [5, 5.41) is 0.975. The van der Waals surface area contributed by atoms with Gasteiger partial charge in [0.25, 0.3) is 0 Å². The number of nitrogens with one attached hydrogen (secondary N) is 1. The van der Waals surface area contributed by atoms with Crippen LogP contribution in [0.3, 0.4) is 0 Å². The van der Waals surface area contributed by atoms with E-state index in [0.717, 1.165) is 38.8 Å². The smallest absolute Gasteiger partial charge is 0.221 e. The third-order valence-corrected chi connectivity index (χ3v) is 4.09. The zero-order valence-electron chi connectivity index (χ0n) is 12.9. The zero-order valence-corrected chi connectivity index (χ0v) is 12.9. The predicted octanol–water partition coefficient (Wildman–Crippen LogP) is 2.99. The lowest BCUT2D eigenvalue weighted by atomic mass is 10.0. The molecule has 0 fully saturated rings. The van der Waals surface area contributed by atoms with Crippen molar-refractivity contribution in [1.82, 2.24) is 9.97 Å². The molecule has 0 saturated carbocycles. The second kappa shape index (κ2) is 5.38. The summed E-state index contributed by atoms with van der Waals surface area (Å²) in [6, 6.07) is 17.5. The highest BCUT2D eigenvalue weighted by atomic mass is 16.1. The molecule has 4 rings (SSSR count). The van der Waals surface area contributed by atoms with Crippen LogP contribution >= 0.6 is 0 Å². The summed E-state index contributed by atoms with van der Waals surface area (Å²) in [6.45, 7) is 0. The Morgan fingerprint density at radius 2 is 1.88 bits per heavy atom. The molecule has 2 heterocycles. The summed E-state index contributed by atoms with van der Waals surface area (Å²) >= 11 is 0. The van der Waals surface area contributed by atoms with Crippen LogP contribution in [0.15, 0.2) is 54.6 Å². The summed E-state index contributed by atoms with van der Waals surface area (Å²) in [5.74, 6) is -0.375. The molecule has 0 atom stereocenters. The number of amides is 1. The molecule has 0 aliphatic heterocycles. The van der Waals surface area contributed by atoms with E-state index >= 15 is 0 Å². The Balaban J connectivity index is 2.05. The molecule has 5 heteroatoms. The first-order valence-corrected chi connectivity index (χ1v) is 7.66. The molecular formula is C19H16N4O. The molecule has 4 aromatic rings. The highest BCUT2D eigenvalue weighted by Crippen LogP contribution is 2.31. The van der Waals surface area contributed by atoms with Crippen molar-refractivity contribution >= 4 is 33.5 Å². The Hall–Kier alpha value is -3.34. The van der Waals surface area contributed by atoms with Gasteiger partial charge in [-0.05, 0) is 29.8 Å². The van der Waals surface area contributed by atoms with E-state index in [4.69, 9.17) is 16.5 Å². The third kappa shape index (κ3) is 2.36. The van der Waals surface area contributed by atoms with Gasteiger partial charge in [-0.1, -0.05) is 30.3 Å². The summed E-state index contributed by atoms with van der Waals surface area (Å²) in [4.78, 5) is 19.6. The van der Waals surface area contributed by atoms with Gasteiger partial charge in [-0.25, -0.2) is 4.98 Å². The molecule has 0 radical (unpaired) electrons. The van der Waals surface area contributed by atoms with Crippen molar-refractivity contribution in [2.45, 2.75) is 6.42 Å². The predicted molar refractivity (Wildman–Crippen MR) is 96.3 cm³/mol. The minimum atomic E-state index is -0.375. The number of pyridine rings is 1. The number of nitrogens with zero attached hydrogens (tertiary/aromatic N) is 1. The molecule has 2 aromatic carbocycles. The number of H-pyrrole nitrogens is 1. The number of nitrogens with two attached hydrogens (primary N) is 2. The van der Waals surface area contributed by atoms with E-state index in [2.05, 4.69) is 4.98 Å². The minimum absolute atomic E-state index is 0.154. The van der Waals surface area contributed by atoms with Crippen molar-refractivity contribution in [3.63, 3.8) is 0 Å². The highest BCUT2D eigenvalue weighted by Gasteiger charge is 2.14. The van der Waals surface area contributed by atoms with Gasteiger partial charge in [0.05, 0.1) is 28.7 Å². The first kappa shape index (κ1) is 14.3. The van der Waals surface area contributed by atoms with Crippen LogP contribution in [-0.4, -0.2) is 15.9 Å². The normalized spacial score (nSPS) is 11.2. The van der Waals surface area contributed by atoms with Crippen molar-refractivity contribution in [3.8, 4) is 11.3 Å². The first-order valence-electron chi connectivity index (χ1n) is 7.66. The molecular weight excluding hydrogens is 300 g/mol. The van der Waals surface area contributed by atoms with E-state index in [1.165, 1.54) is 0 Å². The molecule has 0 unspecified atom stereocenters. The lowest BCUT2D eigenvalue weighted by molar-refractivity contribution is -0.117. The van der Waals surface area contributed by atoms with Gasteiger partial charge < -0.3 is 16.5 Å². The quantitative estimate of drug-likeness (QED) is 0.507. The minimum Gasteiger partial charge on any atom is -0.399 e. The lowest BCUT2D eigenvalue weighted by Gasteiger charge is -2.06. The molecule has 2 aromatic heterocycles. The van der Waals surface area contributed by atoms with Crippen molar-refractivity contribution in [2.24, 2.45) is 5.73 Å². The van der Waals surface area contributed by atoms with E-state index in [1.807, 2.05) is 54.6 Å². The fraction of sp³-hybridized carbons (Fsp3) is 0.0526. The van der Waals surface area contributed by atoms with E-state index in [0.29, 0.717) is 5.69 Å². The second-order valence-corrected chi connectivity index (χ2v) is 5.83. The van der Waals surface area contributed by atoms with E-state index in [-0.39, 0.29) is 12.3 Å². The number of rotatable bonds is 3. The molecule has 0 spiro atoms. The summed E-state index contributed by atoms with van der Waals surface area (Å²) in [7, 11) is 0. The van der Waals surface area contributed by atoms with Gasteiger partial charge >= 0.3 is 0 Å². The average molecular weight is 316 g/mol. The van der Waals surface area contributed by atoms with E-state index < -0.39 is 0 Å². The van der Waals surface area contributed by atoms with Crippen LogP contribution in [0.5, 0.6) is 0 Å². The number of primary amides is 1. The van der Waals surface area contributed by atoms with Crippen LogP contribution in [-0.2, 0) is 11.2 Å². The highest BCUT2D eigenvalue weighted by molar-refractivity contribution is 6.08. The molecule has 1 amide bonds. The number of aromatic amines is 1. The number of hydrogen-bond acceptors (Lipinski definition) is 3. The van der Waals surface area contributed by atoms with Gasteiger partial charge in [-0.2, -0.15) is 0 Å². The fourth-order valence-electron chi connectivity index (χ4n) is 3.02. The largest absolute Gasteiger partial charge is 0.399 e. The maximum atomic E-state index is 11.5. The van der Waals surface area contributed by atoms with Crippen molar-refractivity contribution < 1.29 is 4.79 Å². The number of anilines is 1. The molecule has 24 heavy (non-hydrogen) atoms. The van der Waals surface area contributed by atoms with Gasteiger partial charge in [-0.15, -0.1) is 0 Å². The Labute approximate surface area is 138 Å². The number of hydrogen-bond donors (Lipinski definition) is 3. The van der Waals surface area contributed by atoms with Crippen LogP contribution in [0.2, 0.25) is 0 Å². The Bertz CT molecular complexity index is 1070. The van der Waals surface area contributed by atoms with Gasteiger partial charge in [-0.3, -0.25) is 4.79 Å². The second-order valence-electron chi connectivity index (χ2n) is 5.83. The molecule has 0 aliphatic carbocycles. The van der Waals surface area contributed by atoms with E-state index in [9.17, 15) is 4.79 Å². The summed E-state index contributed by atoms with van der Waals surface area (Å²) < 4.78 is 0. The van der Waals surface area contributed by atoms with Crippen molar-refractivity contribution in [2.75, 3.05) is 5.73 Å². The van der Waals surface area contributed by atoms with Crippen LogP contribution < -0.4 is 11.5 Å². The van der Waals surface area contributed by atoms with Crippen molar-refractivity contribution in [3.05, 3.63) is 60.2 Å². The molecule has 0 saturated heterocycles. The number of carbonyl (C=O) groups is 1. The monoisotopic (exact) mass is 316 g/mol. The fourth-order valence-corrected chi connectivity index (χ4v) is 3.02. The molecule has 0 bridgehead atoms. The average Bonchev–Trinajstić information content (AvgIpc) is 2.93. The molecule has 118 valence electrons. The standard InChI is InChI=1S/C19H16N4O/c20-13-6-7-14-16(10-13)23-18-12(9-17(21)24)8-15(22-19(14)18)11-4-2-1-3-5-11/h1-8,10,23H,9,20H2,(H2,21,24). The maximum Gasteiger partial charge on any atom is 0.221 e. The van der Waals surface area contributed by atoms with Gasteiger partial charge in [0, 0.05) is 16.6 Å². The number of benzene rings is 2. The zero-order chi connectivity index (χ0) is 16.7. The summed E-state index contributed by atoms with van der Waals surface area (Å²) in [5.41, 5.74) is 17.2. The lowest BCUT2D eigenvalue weighted by Crippen LogP contribution is -2.14. The number of nitrogen functional groups attached to an aromatic ring is 1. The van der Waals surface area contributed by atoms with Crippen LogP contribution in [0.4, 0.5) is 5.69 Å². The number of aromatic nitrogens is 2. The molecule has 5 N–H and O–H groups in total. The number of carbonyl (C=O) groups excluding carboxylic acids is 1. The molecule has 5 nitrogen and oxygen atoms in total.